The summed E-state index contributed by atoms with van der Waals surface area (Å²) in [5.74, 6) is -1.34. The number of carboxylic acid groups (broad SMARTS) is 1. The number of piperidine rings is 1. The number of aryl methyl sites for hydroxylation is 1. The Morgan fingerprint density at radius 3 is 2.50 bits per heavy atom. The fraction of sp³-hybridized carbons (Fsp3) is 0.375. The lowest BCUT2D eigenvalue weighted by Gasteiger charge is -2.35. The highest BCUT2D eigenvalue weighted by Crippen LogP contribution is 2.27. The Morgan fingerprint density at radius 2 is 1.86 bits per heavy atom. The zero-order valence-electron chi connectivity index (χ0n) is 12.3. The molecule has 0 saturated carbocycles. The van der Waals surface area contributed by atoms with Crippen molar-refractivity contribution in [2.45, 2.75) is 25.4 Å². The number of rotatable bonds is 2. The molecular weight excluding hydrogens is 284 g/mol. The second-order valence-corrected chi connectivity index (χ2v) is 5.80. The van der Waals surface area contributed by atoms with Crippen molar-refractivity contribution in [1.82, 2.24) is 9.88 Å². The molecule has 6 heteroatoms. The Balaban J connectivity index is 1.86. The lowest BCUT2D eigenvalue weighted by molar-refractivity contribution is -0.162. The Hall–Kier alpha value is -2.34. The number of aromatic amines is 1. The van der Waals surface area contributed by atoms with Crippen LogP contribution >= 0.6 is 0 Å². The van der Waals surface area contributed by atoms with Crippen LogP contribution in [-0.2, 0) is 4.79 Å². The third kappa shape index (κ3) is 2.25. The molecule has 0 unspecified atom stereocenters. The summed E-state index contributed by atoms with van der Waals surface area (Å²) < 4.78 is 0. The van der Waals surface area contributed by atoms with E-state index in [0.29, 0.717) is 5.56 Å². The fourth-order valence-corrected chi connectivity index (χ4v) is 3.00. The third-order valence-electron chi connectivity index (χ3n) is 4.38. The van der Waals surface area contributed by atoms with Gasteiger partial charge in [0.05, 0.1) is 5.56 Å². The normalized spacial score (nSPS) is 17.6. The van der Waals surface area contributed by atoms with E-state index >= 15 is 0 Å². The second-order valence-electron chi connectivity index (χ2n) is 5.80. The number of aliphatic hydroxyl groups is 1. The molecule has 1 aromatic carbocycles. The van der Waals surface area contributed by atoms with Crippen LogP contribution in [0.3, 0.4) is 0 Å². The summed E-state index contributed by atoms with van der Waals surface area (Å²) in [6.45, 7) is 2.33. The van der Waals surface area contributed by atoms with Crippen LogP contribution in [0.4, 0.5) is 0 Å². The number of benzene rings is 1. The van der Waals surface area contributed by atoms with Crippen molar-refractivity contribution >= 4 is 22.8 Å². The summed E-state index contributed by atoms with van der Waals surface area (Å²) in [5.41, 5.74) is 0.607. The summed E-state index contributed by atoms with van der Waals surface area (Å²) in [6.07, 6.45) is 0.102. The number of carbonyl (C=O) groups excluding carboxylic acids is 1. The number of hydrogen-bond donors (Lipinski definition) is 3. The van der Waals surface area contributed by atoms with Crippen LogP contribution in [0.15, 0.2) is 24.3 Å². The van der Waals surface area contributed by atoms with E-state index in [0.717, 1.165) is 16.6 Å². The SMILES string of the molecule is Cc1[nH]c2ccccc2c1C(=O)N1CCC(O)(C(=O)O)CC1. The van der Waals surface area contributed by atoms with Gasteiger partial charge in [0.2, 0.25) is 0 Å². The summed E-state index contributed by atoms with van der Waals surface area (Å²) >= 11 is 0. The van der Waals surface area contributed by atoms with Crippen molar-refractivity contribution < 1.29 is 19.8 Å². The number of carbonyl (C=O) groups is 2. The number of amides is 1. The minimum atomic E-state index is -1.72. The summed E-state index contributed by atoms with van der Waals surface area (Å²) in [7, 11) is 0. The Kier molecular flexibility index (Phi) is 3.41. The number of H-pyrrole nitrogens is 1. The standard InChI is InChI=1S/C16H18N2O4/c1-10-13(11-4-2-3-5-12(11)17-10)14(19)18-8-6-16(22,7-9-18)15(20)21/h2-5,17,22H,6-9H2,1H3,(H,20,21). The molecule has 2 aromatic rings. The first-order valence-corrected chi connectivity index (χ1v) is 7.25. The Labute approximate surface area is 127 Å². The monoisotopic (exact) mass is 302 g/mol. The molecule has 116 valence electrons. The Morgan fingerprint density at radius 1 is 1.23 bits per heavy atom. The van der Waals surface area contributed by atoms with Crippen LogP contribution in [0.2, 0.25) is 0 Å². The molecule has 0 spiro atoms. The minimum absolute atomic E-state index is 0.0511. The minimum Gasteiger partial charge on any atom is -0.479 e. The van der Waals surface area contributed by atoms with Gasteiger partial charge in [0.1, 0.15) is 0 Å². The highest BCUT2D eigenvalue weighted by Gasteiger charge is 2.40. The molecule has 3 N–H and O–H groups in total. The first kappa shape index (κ1) is 14.6. The third-order valence-corrected chi connectivity index (χ3v) is 4.38. The van der Waals surface area contributed by atoms with Crippen LogP contribution in [0, 0.1) is 6.92 Å². The van der Waals surface area contributed by atoms with Gasteiger partial charge in [0, 0.05) is 42.5 Å². The zero-order chi connectivity index (χ0) is 15.9. The molecule has 0 aliphatic carbocycles. The van der Waals surface area contributed by atoms with E-state index in [1.54, 1.807) is 4.90 Å². The van der Waals surface area contributed by atoms with Crippen molar-refractivity contribution in [3.05, 3.63) is 35.5 Å². The first-order valence-electron chi connectivity index (χ1n) is 7.25. The summed E-state index contributed by atoms with van der Waals surface area (Å²) in [6, 6.07) is 7.59. The van der Waals surface area contributed by atoms with E-state index in [1.165, 1.54) is 0 Å². The lowest BCUT2D eigenvalue weighted by Crippen LogP contribution is -2.50. The fourth-order valence-electron chi connectivity index (χ4n) is 3.00. The highest BCUT2D eigenvalue weighted by molar-refractivity contribution is 6.08. The predicted molar refractivity (Wildman–Crippen MR) is 80.8 cm³/mol. The van der Waals surface area contributed by atoms with Crippen molar-refractivity contribution in [3.8, 4) is 0 Å². The van der Waals surface area contributed by atoms with E-state index in [-0.39, 0.29) is 31.8 Å². The van der Waals surface area contributed by atoms with Gasteiger partial charge in [-0.15, -0.1) is 0 Å². The maximum atomic E-state index is 12.8. The van der Waals surface area contributed by atoms with Gasteiger partial charge < -0.3 is 20.1 Å². The average molecular weight is 302 g/mol. The van der Waals surface area contributed by atoms with E-state index in [1.807, 2.05) is 31.2 Å². The smallest absolute Gasteiger partial charge is 0.335 e. The molecule has 2 heterocycles. The number of fused-ring (bicyclic) bond motifs is 1. The maximum absolute atomic E-state index is 12.8. The van der Waals surface area contributed by atoms with Crippen LogP contribution in [0.25, 0.3) is 10.9 Å². The summed E-state index contributed by atoms with van der Waals surface area (Å²) in [4.78, 5) is 28.6. The Bertz CT molecular complexity index is 742. The molecule has 1 aliphatic heterocycles. The quantitative estimate of drug-likeness (QED) is 0.784. The number of likely N-dealkylation sites (tertiary alicyclic amines) is 1. The number of nitrogens with one attached hydrogen (secondary N) is 1. The molecule has 0 atom stereocenters. The molecule has 22 heavy (non-hydrogen) atoms. The molecule has 1 amide bonds. The number of carboxylic acids is 1. The zero-order valence-corrected chi connectivity index (χ0v) is 12.3. The number of para-hydroxylation sites is 1. The van der Waals surface area contributed by atoms with Crippen LogP contribution in [0.5, 0.6) is 0 Å². The van der Waals surface area contributed by atoms with Gasteiger partial charge in [-0.1, -0.05) is 18.2 Å². The molecule has 3 rings (SSSR count). The molecule has 1 aliphatic rings. The van der Waals surface area contributed by atoms with Crippen LogP contribution in [-0.4, -0.2) is 50.7 Å². The highest BCUT2D eigenvalue weighted by atomic mass is 16.4. The van der Waals surface area contributed by atoms with E-state index in [9.17, 15) is 14.7 Å². The van der Waals surface area contributed by atoms with E-state index in [2.05, 4.69) is 4.98 Å². The molecule has 0 radical (unpaired) electrons. The topological polar surface area (TPSA) is 93.6 Å². The number of nitrogens with zero attached hydrogens (tertiary/aromatic N) is 1. The molecule has 1 fully saturated rings. The lowest BCUT2D eigenvalue weighted by atomic mass is 9.91. The predicted octanol–water partition coefficient (Wildman–Crippen LogP) is 1.53. The van der Waals surface area contributed by atoms with Crippen molar-refractivity contribution in [1.29, 1.82) is 0 Å². The van der Waals surface area contributed by atoms with Gasteiger partial charge in [0.25, 0.3) is 5.91 Å². The molecule has 1 aromatic heterocycles. The van der Waals surface area contributed by atoms with Crippen molar-refractivity contribution in [3.63, 3.8) is 0 Å². The second kappa shape index (κ2) is 5.14. The van der Waals surface area contributed by atoms with Gasteiger partial charge in [-0.3, -0.25) is 4.79 Å². The number of hydrogen-bond acceptors (Lipinski definition) is 3. The maximum Gasteiger partial charge on any atom is 0.335 e. The van der Waals surface area contributed by atoms with Crippen LogP contribution in [0.1, 0.15) is 28.9 Å². The number of aliphatic carboxylic acids is 1. The van der Waals surface area contributed by atoms with Crippen molar-refractivity contribution in [2.24, 2.45) is 0 Å². The molecule has 0 bridgehead atoms. The molecule has 1 saturated heterocycles. The largest absolute Gasteiger partial charge is 0.479 e. The molecule has 6 nitrogen and oxygen atoms in total. The van der Waals surface area contributed by atoms with E-state index < -0.39 is 11.6 Å². The van der Waals surface area contributed by atoms with Crippen molar-refractivity contribution in [2.75, 3.05) is 13.1 Å². The van der Waals surface area contributed by atoms with Gasteiger partial charge >= 0.3 is 5.97 Å². The molecular formula is C16H18N2O4. The summed E-state index contributed by atoms with van der Waals surface area (Å²) in [5, 5.41) is 19.9. The van der Waals surface area contributed by atoms with E-state index in [4.69, 9.17) is 5.11 Å². The first-order chi connectivity index (χ1) is 10.4. The van der Waals surface area contributed by atoms with Gasteiger partial charge in [-0.05, 0) is 13.0 Å². The number of aromatic nitrogens is 1. The van der Waals surface area contributed by atoms with Gasteiger partial charge in [-0.2, -0.15) is 0 Å². The van der Waals surface area contributed by atoms with Crippen LogP contribution < -0.4 is 0 Å². The van der Waals surface area contributed by atoms with Gasteiger partial charge in [0.15, 0.2) is 5.60 Å². The average Bonchev–Trinajstić information content (AvgIpc) is 2.83. The van der Waals surface area contributed by atoms with Gasteiger partial charge in [-0.25, -0.2) is 4.79 Å².